The molecule has 5 atom stereocenters. The van der Waals surface area contributed by atoms with Crippen LogP contribution in [0.1, 0.15) is 52.0 Å². The number of nitrogens with zero attached hydrogens (tertiary/aromatic N) is 3. The Morgan fingerprint density at radius 2 is 2.00 bits per heavy atom. The summed E-state index contributed by atoms with van der Waals surface area (Å²) in [5.74, 6) is -0.190. The van der Waals surface area contributed by atoms with Gasteiger partial charge in [-0.3, -0.25) is 4.79 Å². The van der Waals surface area contributed by atoms with Crippen LogP contribution < -0.4 is 0 Å². The summed E-state index contributed by atoms with van der Waals surface area (Å²) < 4.78 is 29.3. The lowest BCUT2D eigenvalue weighted by Gasteiger charge is -2.36. The quantitative estimate of drug-likeness (QED) is 0.498. The number of fused-ring (bicyclic) bond motifs is 1. The molecule has 4 nitrogen and oxygen atoms in total. The van der Waals surface area contributed by atoms with E-state index in [9.17, 15) is 13.6 Å². The van der Waals surface area contributed by atoms with Crippen molar-refractivity contribution in [2.45, 2.75) is 52.5 Å². The lowest BCUT2D eigenvalue weighted by Crippen LogP contribution is -2.45. The van der Waals surface area contributed by atoms with Gasteiger partial charge in [0.1, 0.15) is 11.6 Å². The third-order valence-corrected chi connectivity index (χ3v) is 7.63. The van der Waals surface area contributed by atoms with E-state index in [0.29, 0.717) is 17.9 Å². The van der Waals surface area contributed by atoms with E-state index in [4.69, 9.17) is 0 Å². The smallest absolute Gasteiger partial charge is 0.229 e. The summed E-state index contributed by atoms with van der Waals surface area (Å²) in [6.45, 7) is 10.7. The van der Waals surface area contributed by atoms with Crippen molar-refractivity contribution in [1.29, 1.82) is 0 Å². The summed E-state index contributed by atoms with van der Waals surface area (Å²) in [6, 6.07) is 4.14. The molecule has 3 unspecified atom stereocenters. The molecule has 3 aliphatic rings. The van der Waals surface area contributed by atoms with Crippen molar-refractivity contribution in [1.82, 2.24) is 4.90 Å². The molecule has 0 bridgehead atoms. The summed E-state index contributed by atoms with van der Waals surface area (Å²) in [5, 5.41) is 7.92. The summed E-state index contributed by atoms with van der Waals surface area (Å²) in [5.41, 5.74) is -0.707. The Bertz CT molecular complexity index is 920. The van der Waals surface area contributed by atoms with Crippen LogP contribution in [0, 0.1) is 40.7 Å². The first-order valence-corrected chi connectivity index (χ1v) is 11.3. The average Bonchev–Trinajstić information content (AvgIpc) is 3.25. The van der Waals surface area contributed by atoms with Gasteiger partial charge in [0.05, 0.1) is 16.7 Å². The highest BCUT2D eigenvalue weighted by Gasteiger charge is 2.56. The number of carbonyl (C=O) groups is 1. The van der Waals surface area contributed by atoms with Gasteiger partial charge in [-0.2, -0.15) is 10.2 Å². The molecule has 1 heterocycles. The molecular formula is C25H31F2N3O. The minimum Gasteiger partial charge on any atom is -0.339 e. The van der Waals surface area contributed by atoms with E-state index in [-0.39, 0.29) is 29.0 Å². The number of allylic oxidation sites excluding steroid dienone is 1. The highest BCUT2D eigenvalue weighted by molar-refractivity contribution is 5.85. The van der Waals surface area contributed by atoms with Gasteiger partial charge in [-0.05, 0) is 61.5 Å². The van der Waals surface area contributed by atoms with Crippen LogP contribution in [0.4, 0.5) is 8.78 Å². The van der Waals surface area contributed by atoms with Gasteiger partial charge in [0.15, 0.2) is 0 Å². The van der Waals surface area contributed by atoms with Crippen molar-refractivity contribution in [2.24, 2.45) is 39.3 Å². The van der Waals surface area contributed by atoms with Gasteiger partial charge in [0.2, 0.25) is 5.91 Å². The van der Waals surface area contributed by atoms with Gasteiger partial charge >= 0.3 is 0 Å². The fourth-order valence-electron chi connectivity index (χ4n) is 5.75. The zero-order valence-corrected chi connectivity index (χ0v) is 18.5. The number of carbonyl (C=O) groups excluding carboxylic acids is 1. The van der Waals surface area contributed by atoms with Crippen molar-refractivity contribution >= 4 is 11.6 Å². The topological polar surface area (TPSA) is 45.0 Å². The molecular weight excluding hydrogens is 396 g/mol. The fourth-order valence-corrected chi connectivity index (χ4v) is 5.75. The van der Waals surface area contributed by atoms with Crippen LogP contribution >= 0.6 is 0 Å². The number of likely N-dealkylation sites (tertiary alicyclic amines) is 1. The van der Waals surface area contributed by atoms with Crippen molar-refractivity contribution in [3.8, 4) is 0 Å². The van der Waals surface area contributed by atoms with E-state index >= 15 is 0 Å². The SMILES string of the molecule is C=CN=N/C(=C\C1[C@H](C(C)C)CC[C@]1(C)C(=O)N1CCC2CC21)c1c(F)cccc1F. The predicted molar refractivity (Wildman–Crippen MR) is 117 cm³/mol. The third kappa shape index (κ3) is 3.85. The highest BCUT2D eigenvalue weighted by atomic mass is 19.1. The lowest BCUT2D eigenvalue weighted by molar-refractivity contribution is -0.142. The van der Waals surface area contributed by atoms with Crippen LogP contribution in [0.2, 0.25) is 0 Å². The Kier molecular flexibility index (Phi) is 5.84. The number of hydrogen-bond donors (Lipinski definition) is 0. The second-order valence-electron chi connectivity index (χ2n) is 9.79. The van der Waals surface area contributed by atoms with E-state index in [0.717, 1.165) is 32.2 Å². The van der Waals surface area contributed by atoms with Crippen LogP contribution in [-0.4, -0.2) is 23.4 Å². The molecule has 4 rings (SSSR count). The first-order chi connectivity index (χ1) is 14.8. The van der Waals surface area contributed by atoms with Gasteiger partial charge in [-0.25, -0.2) is 8.78 Å². The summed E-state index contributed by atoms with van der Waals surface area (Å²) >= 11 is 0. The molecule has 0 radical (unpaired) electrons. The predicted octanol–water partition coefficient (Wildman–Crippen LogP) is 6.21. The first-order valence-electron chi connectivity index (χ1n) is 11.3. The van der Waals surface area contributed by atoms with Crippen LogP contribution in [0.3, 0.4) is 0 Å². The molecule has 166 valence electrons. The molecule has 0 spiro atoms. The number of amides is 1. The first kappa shape index (κ1) is 21.8. The second-order valence-corrected chi connectivity index (χ2v) is 9.79. The van der Waals surface area contributed by atoms with Crippen molar-refractivity contribution < 1.29 is 13.6 Å². The maximum Gasteiger partial charge on any atom is 0.229 e. The van der Waals surface area contributed by atoms with Crippen LogP contribution in [-0.2, 0) is 4.79 Å². The zero-order chi connectivity index (χ0) is 22.3. The molecule has 6 heteroatoms. The van der Waals surface area contributed by atoms with Gasteiger partial charge in [0, 0.05) is 18.8 Å². The maximum atomic E-state index is 14.6. The van der Waals surface area contributed by atoms with Gasteiger partial charge < -0.3 is 4.90 Å². The number of rotatable bonds is 6. The van der Waals surface area contributed by atoms with E-state index in [1.165, 1.54) is 24.4 Å². The highest BCUT2D eigenvalue weighted by Crippen LogP contribution is 2.55. The van der Waals surface area contributed by atoms with Crippen molar-refractivity contribution in [3.05, 3.63) is 54.3 Å². The summed E-state index contributed by atoms with van der Waals surface area (Å²) in [6.07, 6.45) is 6.88. The average molecular weight is 428 g/mol. The molecule has 0 aromatic heterocycles. The molecule has 3 fully saturated rings. The molecule has 1 aromatic rings. The molecule has 31 heavy (non-hydrogen) atoms. The maximum absolute atomic E-state index is 14.6. The van der Waals surface area contributed by atoms with E-state index in [2.05, 4.69) is 35.6 Å². The van der Waals surface area contributed by atoms with Gasteiger partial charge in [-0.1, -0.05) is 39.5 Å². The number of benzene rings is 1. The molecule has 2 aliphatic carbocycles. The minimum atomic E-state index is -0.693. The summed E-state index contributed by atoms with van der Waals surface area (Å²) in [4.78, 5) is 15.8. The standard InChI is InChI=1S/C25H31F2N3O/c1-5-28-29-21(23-19(26)7-6-8-20(23)27)14-18-17(15(2)3)9-11-25(18,4)24(31)30-12-10-16-13-22(16)30/h5-8,14-18,22H,1,9-13H2,2-4H3/b21-14-,29-28?/t16?,17-,18?,22?,25-/m0/s1. The Hall–Kier alpha value is -2.37. The fraction of sp³-hybridized carbons (Fsp3) is 0.560. The summed E-state index contributed by atoms with van der Waals surface area (Å²) in [7, 11) is 0. The number of hydrogen-bond acceptors (Lipinski definition) is 3. The Morgan fingerprint density at radius 1 is 1.29 bits per heavy atom. The molecule has 1 aromatic carbocycles. The lowest BCUT2D eigenvalue weighted by atomic mass is 9.72. The number of piperidine rings is 1. The second kappa shape index (κ2) is 8.29. The Balaban J connectivity index is 1.78. The van der Waals surface area contributed by atoms with Crippen molar-refractivity contribution in [2.75, 3.05) is 6.54 Å². The van der Waals surface area contributed by atoms with E-state index in [1.807, 2.05) is 6.92 Å². The Labute approximate surface area is 183 Å². The molecule has 1 saturated heterocycles. The number of halogens is 2. The molecule has 1 amide bonds. The Morgan fingerprint density at radius 3 is 2.55 bits per heavy atom. The van der Waals surface area contributed by atoms with Crippen LogP contribution in [0.15, 0.2) is 47.3 Å². The number of azo groups is 1. The van der Waals surface area contributed by atoms with E-state index in [1.54, 1.807) is 6.08 Å². The van der Waals surface area contributed by atoms with Crippen LogP contribution in [0.5, 0.6) is 0 Å². The largest absolute Gasteiger partial charge is 0.339 e. The third-order valence-electron chi connectivity index (χ3n) is 7.63. The molecule has 0 N–H and O–H groups in total. The van der Waals surface area contributed by atoms with E-state index < -0.39 is 17.0 Å². The zero-order valence-electron chi connectivity index (χ0n) is 18.5. The molecule has 1 aliphatic heterocycles. The van der Waals surface area contributed by atoms with Crippen LogP contribution in [0.25, 0.3) is 5.70 Å². The van der Waals surface area contributed by atoms with Gasteiger partial charge in [-0.15, -0.1) is 0 Å². The molecule has 2 saturated carbocycles. The van der Waals surface area contributed by atoms with Crippen molar-refractivity contribution in [3.63, 3.8) is 0 Å². The minimum absolute atomic E-state index is 0.123. The normalized spacial score (nSPS) is 32.7. The van der Waals surface area contributed by atoms with Gasteiger partial charge in [0.25, 0.3) is 0 Å². The monoisotopic (exact) mass is 427 g/mol.